The minimum atomic E-state index is 0.522. The van der Waals surface area contributed by atoms with Gasteiger partial charge in [0, 0.05) is 19.7 Å². The molecule has 0 saturated heterocycles. The van der Waals surface area contributed by atoms with Crippen LogP contribution < -0.4 is 5.32 Å². The molecule has 0 aromatic carbocycles. The van der Waals surface area contributed by atoms with Crippen molar-refractivity contribution in [3.8, 4) is 0 Å². The smallest absolute Gasteiger partial charge is 0.129 e. The van der Waals surface area contributed by atoms with Crippen LogP contribution in [0.4, 0.5) is 0 Å². The van der Waals surface area contributed by atoms with E-state index in [1.165, 1.54) is 0 Å². The van der Waals surface area contributed by atoms with E-state index in [2.05, 4.69) is 31.2 Å². The number of likely N-dealkylation sites (N-methyl/N-ethyl adjacent to an activating group) is 1. The second-order valence-electron chi connectivity index (χ2n) is 4.24. The Kier molecular flexibility index (Phi) is 5.52. The zero-order valence-electron chi connectivity index (χ0n) is 10.6. The second-order valence-corrected chi connectivity index (χ2v) is 4.24. The molecular formula is C12H22N2O2. The molecule has 92 valence electrons. The van der Waals surface area contributed by atoms with Gasteiger partial charge in [0.25, 0.3) is 0 Å². The van der Waals surface area contributed by atoms with E-state index in [1.54, 1.807) is 7.11 Å². The molecule has 1 unspecified atom stereocenters. The van der Waals surface area contributed by atoms with Crippen LogP contribution in [-0.4, -0.2) is 38.7 Å². The lowest BCUT2D eigenvalue weighted by Gasteiger charge is -2.19. The van der Waals surface area contributed by atoms with Crippen molar-refractivity contribution >= 4 is 0 Å². The molecule has 4 heteroatoms. The van der Waals surface area contributed by atoms with E-state index in [0.29, 0.717) is 12.6 Å². The molecule has 1 heterocycles. The van der Waals surface area contributed by atoms with E-state index in [4.69, 9.17) is 9.15 Å². The lowest BCUT2D eigenvalue weighted by Crippen LogP contribution is -2.35. The highest BCUT2D eigenvalue weighted by molar-refractivity contribution is 5.06. The molecule has 4 nitrogen and oxygen atoms in total. The van der Waals surface area contributed by atoms with Crippen LogP contribution in [0.1, 0.15) is 18.4 Å². The number of nitrogens with one attached hydrogen (secondary N) is 1. The molecular weight excluding hydrogens is 204 g/mol. The van der Waals surface area contributed by atoms with Crippen molar-refractivity contribution in [3.05, 3.63) is 23.7 Å². The van der Waals surface area contributed by atoms with E-state index in [0.717, 1.165) is 24.6 Å². The van der Waals surface area contributed by atoms with Crippen LogP contribution in [-0.2, 0) is 17.9 Å². The average Bonchev–Trinajstić information content (AvgIpc) is 2.66. The Morgan fingerprint density at radius 2 is 2.06 bits per heavy atom. The quantitative estimate of drug-likeness (QED) is 0.764. The summed E-state index contributed by atoms with van der Waals surface area (Å²) in [6.45, 7) is 4.44. The molecule has 1 N–H and O–H groups in total. The number of hydrogen-bond acceptors (Lipinski definition) is 4. The largest absolute Gasteiger partial charge is 0.462 e. The number of nitrogens with zero attached hydrogens (tertiary/aromatic N) is 1. The van der Waals surface area contributed by atoms with Crippen LogP contribution in [0.2, 0.25) is 0 Å². The number of furan rings is 1. The summed E-state index contributed by atoms with van der Waals surface area (Å²) >= 11 is 0. The zero-order chi connectivity index (χ0) is 12.0. The van der Waals surface area contributed by atoms with Crippen molar-refractivity contribution in [1.82, 2.24) is 10.2 Å². The number of methoxy groups -OCH3 is 1. The number of rotatable bonds is 7. The molecule has 0 bridgehead atoms. The van der Waals surface area contributed by atoms with Gasteiger partial charge in [-0.05, 0) is 33.2 Å². The monoisotopic (exact) mass is 226 g/mol. The van der Waals surface area contributed by atoms with Crippen LogP contribution in [0.25, 0.3) is 0 Å². The van der Waals surface area contributed by atoms with Gasteiger partial charge >= 0.3 is 0 Å². The standard InChI is InChI=1S/C12H22N2O2/c1-10(14(2)3)7-13-8-11-5-6-12(16-11)9-15-4/h5-6,10,13H,7-9H2,1-4H3. The molecule has 0 spiro atoms. The first-order valence-corrected chi connectivity index (χ1v) is 5.57. The molecule has 0 aliphatic heterocycles. The Morgan fingerprint density at radius 3 is 2.69 bits per heavy atom. The lowest BCUT2D eigenvalue weighted by atomic mass is 10.3. The normalized spacial score (nSPS) is 13.3. The molecule has 1 rings (SSSR count). The fourth-order valence-electron chi connectivity index (χ4n) is 1.32. The molecule has 1 aromatic heterocycles. The Hall–Kier alpha value is -0.840. The van der Waals surface area contributed by atoms with Gasteiger partial charge in [-0.15, -0.1) is 0 Å². The Balaban J connectivity index is 2.26. The predicted octanol–water partition coefficient (Wildman–Crippen LogP) is 1.47. The SMILES string of the molecule is COCc1ccc(CNCC(C)N(C)C)o1. The molecule has 0 fully saturated rings. The van der Waals surface area contributed by atoms with Gasteiger partial charge in [-0.3, -0.25) is 0 Å². The summed E-state index contributed by atoms with van der Waals surface area (Å²) in [4.78, 5) is 2.19. The van der Waals surface area contributed by atoms with Crippen molar-refractivity contribution < 1.29 is 9.15 Å². The third-order valence-corrected chi connectivity index (χ3v) is 2.62. The van der Waals surface area contributed by atoms with Crippen LogP contribution in [0.15, 0.2) is 16.5 Å². The highest BCUT2D eigenvalue weighted by Gasteiger charge is 2.05. The topological polar surface area (TPSA) is 37.6 Å². The van der Waals surface area contributed by atoms with Crippen molar-refractivity contribution in [3.63, 3.8) is 0 Å². The van der Waals surface area contributed by atoms with Crippen molar-refractivity contribution in [2.45, 2.75) is 26.1 Å². The van der Waals surface area contributed by atoms with E-state index in [1.807, 2.05) is 12.1 Å². The first kappa shape index (κ1) is 13.2. The van der Waals surface area contributed by atoms with Crippen LogP contribution in [0.3, 0.4) is 0 Å². The van der Waals surface area contributed by atoms with Gasteiger partial charge in [-0.1, -0.05) is 0 Å². The summed E-state index contributed by atoms with van der Waals surface area (Å²) in [7, 11) is 5.82. The second kappa shape index (κ2) is 6.68. The molecule has 1 atom stereocenters. The molecule has 0 amide bonds. The maximum atomic E-state index is 5.57. The number of hydrogen-bond donors (Lipinski definition) is 1. The van der Waals surface area contributed by atoms with E-state index in [9.17, 15) is 0 Å². The van der Waals surface area contributed by atoms with Crippen LogP contribution in [0, 0.1) is 0 Å². The summed E-state index contributed by atoms with van der Waals surface area (Å²) in [5, 5.41) is 3.36. The first-order chi connectivity index (χ1) is 7.63. The molecule has 0 radical (unpaired) electrons. The highest BCUT2D eigenvalue weighted by atomic mass is 16.5. The molecule has 0 aliphatic rings. The summed E-state index contributed by atoms with van der Waals surface area (Å²) in [5.74, 6) is 1.83. The molecule has 0 aliphatic carbocycles. The fourth-order valence-corrected chi connectivity index (χ4v) is 1.32. The Labute approximate surface area is 97.6 Å². The van der Waals surface area contributed by atoms with Crippen LogP contribution in [0.5, 0.6) is 0 Å². The van der Waals surface area contributed by atoms with E-state index >= 15 is 0 Å². The van der Waals surface area contributed by atoms with Crippen LogP contribution >= 0.6 is 0 Å². The van der Waals surface area contributed by atoms with Gasteiger partial charge in [0.1, 0.15) is 18.1 Å². The van der Waals surface area contributed by atoms with E-state index in [-0.39, 0.29) is 0 Å². The summed E-state index contributed by atoms with van der Waals surface area (Å²) in [6.07, 6.45) is 0. The van der Waals surface area contributed by atoms with Crippen molar-refractivity contribution in [2.75, 3.05) is 27.7 Å². The molecule has 0 saturated carbocycles. The van der Waals surface area contributed by atoms with Gasteiger partial charge in [0.05, 0.1) is 6.54 Å². The van der Waals surface area contributed by atoms with Gasteiger partial charge in [-0.2, -0.15) is 0 Å². The maximum absolute atomic E-state index is 5.57. The summed E-state index contributed by atoms with van der Waals surface area (Å²) < 4.78 is 10.6. The fraction of sp³-hybridized carbons (Fsp3) is 0.667. The maximum Gasteiger partial charge on any atom is 0.129 e. The van der Waals surface area contributed by atoms with Crippen molar-refractivity contribution in [2.24, 2.45) is 0 Å². The lowest BCUT2D eigenvalue weighted by molar-refractivity contribution is 0.162. The average molecular weight is 226 g/mol. The third-order valence-electron chi connectivity index (χ3n) is 2.62. The molecule has 16 heavy (non-hydrogen) atoms. The predicted molar refractivity (Wildman–Crippen MR) is 64.3 cm³/mol. The highest BCUT2D eigenvalue weighted by Crippen LogP contribution is 2.08. The summed E-state index contributed by atoms with van der Waals surface area (Å²) in [5.41, 5.74) is 0. The van der Waals surface area contributed by atoms with Gasteiger partial charge in [0.2, 0.25) is 0 Å². The first-order valence-electron chi connectivity index (χ1n) is 5.57. The van der Waals surface area contributed by atoms with Gasteiger partial charge in [0.15, 0.2) is 0 Å². The minimum Gasteiger partial charge on any atom is -0.462 e. The minimum absolute atomic E-state index is 0.522. The van der Waals surface area contributed by atoms with Crippen molar-refractivity contribution in [1.29, 1.82) is 0 Å². The number of ether oxygens (including phenoxy) is 1. The Bertz CT molecular complexity index is 297. The summed E-state index contributed by atoms with van der Waals surface area (Å²) in [6, 6.07) is 4.46. The Morgan fingerprint density at radius 1 is 1.38 bits per heavy atom. The van der Waals surface area contributed by atoms with E-state index < -0.39 is 0 Å². The van der Waals surface area contributed by atoms with Gasteiger partial charge < -0.3 is 19.4 Å². The zero-order valence-corrected chi connectivity index (χ0v) is 10.6. The third kappa shape index (κ3) is 4.35. The van der Waals surface area contributed by atoms with Gasteiger partial charge in [-0.25, -0.2) is 0 Å². The molecule has 1 aromatic rings.